The van der Waals surface area contributed by atoms with E-state index in [1.807, 2.05) is 23.1 Å². The molecule has 0 aliphatic carbocycles. The van der Waals surface area contributed by atoms with Gasteiger partial charge in [0.2, 0.25) is 11.8 Å². The molecule has 1 aliphatic heterocycles. The number of nitrogen functional groups attached to an aromatic ring is 1. The Morgan fingerprint density at radius 1 is 1.41 bits per heavy atom. The van der Waals surface area contributed by atoms with Crippen molar-refractivity contribution in [3.63, 3.8) is 0 Å². The van der Waals surface area contributed by atoms with Gasteiger partial charge in [0.1, 0.15) is 6.04 Å². The van der Waals surface area contributed by atoms with Gasteiger partial charge in [0.15, 0.2) is 0 Å². The Kier molecular flexibility index (Phi) is 4.90. The highest BCUT2D eigenvalue weighted by Crippen LogP contribution is 2.30. The highest BCUT2D eigenvalue weighted by Gasteiger charge is 2.22. The van der Waals surface area contributed by atoms with Crippen LogP contribution in [0.5, 0.6) is 0 Å². The maximum Gasteiger partial charge on any atom is 0.244 e. The van der Waals surface area contributed by atoms with Crippen molar-refractivity contribution in [1.82, 2.24) is 10.2 Å². The van der Waals surface area contributed by atoms with Crippen LogP contribution in [0.1, 0.15) is 18.9 Å². The van der Waals surface area contributed by atoms with Gasteiger partial charge in [-0.2, -0.15) is 0 Å². The summed E-state index contributed by atoms with van der Waals surface area (Å²) >= 11 is 0. The zero-order chi connectivity index (χ0) is 16.3. The molecule has 0 aromatic heterocycles. The first-order chi connectivity index (χ1) is 10.4. The molecule has 1 aliphatic rings. The topological polar surface area (TPSA) is 78.7 Å². The summed E-state index contributed by atoms with van der Waals surface area (Å²) in [5.41, 5.74) is 8.92. The van der Waals surface area contributed by atoms with Gasteiger partial charge < -0.3 is 20.9 Å². The summed E-state index contributed by atoms with van der Waals surface area (Å²) in [7, 11) is 3.35. The predicted molar refractivity (Wildman–Crippen MR) is 87.7 cm³/mol. The number of hydrogen-bond acceptors (Lipinski definition) is 4. The molecular formula is C16H24N4O2. The SMILES string of the molecule is CC(NC(=O)CN1CCCc2c(N)cccc21)C(=O)N(C)C. The summed E-state index contributed by atoms with van der Waals surface area (Å²) in [4.78, 5) is 27.5. The van der Waals surface area contributed by atoms with E-state index >= 15 is 0 Å². The van der Waals surface area contributed by atoms with Crippen LogP contribution in [0.25, 0.3) is 0 Å². The van der Waals surface area contributed by atoms with Crippen LogP contribution in [-0.4, -0.2) is 49.9 Å². The molecule has 1 aromatic carbocycles. The number of rotatable bonds is 4. The van der Waals surface area contributed by atoms with Gasteiger partial charge in [-0.25, -0.2) is 0 Å². The number of nitrogens with two attached hydrogens (primary N) is 1. The van der Waals surface area contributed by atoms with Crippen molar-refractivity contribution in [2.45, 2.75) is 25.8 Å². The Labute approximate surface area is 131 Å². The molecule has 0 fully saturated rings. The fourth-order valence-corrected chi connectivity index (χ4v) is 2.80. The molecule has 0 saturated heterocycles. The molecule has 6 nitrogen and oxygen atoms in total. The van der Waals surface area contributed by atoms with E-state index in [9.17, 15) is 9.59 Å². The number of benzene rings is 1. The molecule has 6 heteroatoms. The summed E-state index contributed by atoms with van der Waals surface area (Å²) in [5, 5.41) is 2.75. The van der Waals surface area contributed by atoms with E-state index < -0.39 is 6.04 Å². The van der Waals surface area contributed by atoms with E-state index in [1.54, 1.807) is 21.0 Å². The number of hydrogen-bond donors (Lipinski definition) is 2. The van der Waals surface area contributed by atoms with E-state index in [4.69, 9.17) is 5.73 Å². The molecule has 1 heterocycles. The number of anilines is 2. The molecule has 1 aromatic rings. The van der Waals surface area contributed by atoms with Gasteiger partial charge in [0, 0.05) is 32.0 Å². The molecule has 120 valence electrons. The lowest BCUT2D eigenvalue weighted by Crippen LogP contribution is -2.48. The van der Waals surface area contributed by atoms with Crippen LogP contribution in [0.3, 0.4) is 0 Å². The lowest BCUT2D eigenvalue weighted by molar-refractivity contribution is -0.133. The minimum atomic E-state index is -0.521. The van der Waals surface area contributed by atoms with E-state index in [2.05, 4.69) is 5.32 Å². The van der Waals surface area contributed by atoms with Crippen molar-refractivity contribution in [3.05, 3.63) is 23.8 Å². The second-order valence-electron chi connectivity index (χ2n) is 5.89. The van der Waals surface area contributed by atoms with E-state index in [0.717, 1.165) is 36.3 Å². The zero-order valence-electron chi connectivity index (χ0n) is 13.4. The van der Waals surface area contributed by atoms with Gasteiger partial charge in [-0.15, -0.1) is 0 Å². The van der Waals surface area contributed by atoms with Crippen LogP contribution in [0.2, 0.25) is 0 Å². The minimum Gasteiger partial charge on any atom is -0.398 e. The second kappa shape index (κ2) is 6.68. The molecule has 0 bridgehead atoms. The van der Waals surface area contributed by atoms with Gasteiger partial charge in [-0.3, -0.25) is 9.59 Å². The number of fused-ring (bicyclic) bond motifs is 1. The van der Waals surface area contributed by atoms with Crippen LogP contribution < -0.4 is 16.0 Å². The zero-order valence-corrected chi connectivity index (χ0v) is 13.4. The number of nitrogens with one attached hydrogen (secondary N) is 1. The average molecular weight is 304 g/mol. The summed E-state index contributed by atoms with van der Waals surface area (Å²) in [6.07, 6.45) is 1.91. The standard InChI is InChI=1S/C16H24N4O2/c1-11(16(22)19(2)3)18-15(21)10-20-9-5-6-12-13(17)7-4-8-14(12)20/h4,7-8,11H,5-6,9-10,17H2,1-3H3,(H,18,21). The monoisotopic (exact) mass is 304 g/mol. The summed E-state index contributed by atoms with van der Waals surface area (Å²) in [6.45, 7) is 2.75. The number of carbonyl (C=O) groups is 2. The summed E-state index contributed by atoms with van der Waals surface area (Å²) in [5.74, 6) is -0.269. The largest absolute Gasteiger partial charge is 0.398 e. The second-order valence-corrected chi connectivity index (χ2v) is 5.89. The fourth-order valence-electron chi connectivity index (χ4n) is 2.80. The normalized spacial score (nSPS) is 15.0. The molecule has 0 saturated carbocycles. The van der Waals surface area contributed by atoms with Crippen molar-refractivity contribution in [3.8, 4) is 0 Å². The van der Waals surface area contributed by atoms with Crippen LogP contribution in [0.15, 0.2) is 18.2 Å². The highest BCUT2D eigenvalue weighted by atomic mass is 16.2. The maximum absolute atomic E-state index is 12.2. The highest BCUT2D eigenvalue weighted by molar-refractivity contribution is 5.89. The molecule has 0 spiro atoms. The Bertz CT molecular complexity index is 571. The minimum absolute atomic E-state index is 0.114. The van der Waals surface area contributed by atoms with Crippen molar-refractivity contribution in [1.29, 1.82) is 0 Å². The van der Waals surface area contributed by atoms with Crippen molar-refractivity contribution >= 4 is 23.2 Å². The molecule has 2 rings (SSSR count). The van der Waals surface area contributed by atoms with E-state index in [-0.39, 0.29) is 18.4 Å². The van der Waals surface area contributed by atoms with Crippen molar-refractivity contribution in [2.75, 3.05) is 37.8 Å². The first-order valence-corrected chi connectivity index (χ1v) is 7.53. The Morgan fingerprint density at radius 2 is 2.14 bits per heavy atom. The third-order valence-corrected chi connectivity index (χ3v) is 3.91. The fraction of sp³-hybridized carbons (Fsp3) is 0.500. The lowest BCUT2D eigenvalue weighted by atomic mass is 10.00. The van der Waals surface area contributed by atoms with Gasteiger partial charge in [-0.1, -0.05) is 6.07 Å². The van der Waals surface area contributed by atoms with E-state index in [0.29, 0.717) is 0 Å². The third-order valence-electron chi connectivity index (χ3n) is 3.91. The maximum atomic E-state index is 12.2. The molecule has 22 heavy (non-hydrogen) atoms. The van der Waals surface area contributed by atoms with Gasteiger partial charge in [0.25, 0.3) is 0 Å². The van der Waals surface area contributed by atoms with Gasteiger partial charge in [0.05, 0.1) is 6.54 Å². The van der Waals surface area contributed by atoms with Crippen LogP contribution in [0, 0.1) is 0 Å². The molecule has 0 radical (unpaired) electrons. The van der Waals surface area contributed by atoms with Gasteiger partial charge >= 0.3 is 0 Å². The van der Waals surface area contributed by atoms with Crippen molar-refractivity contribution in [2.24, 2.45) is 0 Å². The number of amides is 2. The first kappa shape index (κ1) is 16.1. The Hall–Kier alpha value is -2.24. The molecule has 1 unspecified atom stereocenters. The lowest BCUT2D eigenvalue weighted by Gasteiger charge is -2.31. The average Bonchev–Trinajstić information content (AvgIpc) is 2.47. The predicted octanol–water partition coefficient (Wildman–Crippen LogP) is 0.614. The summed E-state index contributed by atoms with van der Waals surface area (Å²) in [6, 6.07) is 5.27. The molecule has 3 N–H and O–H groups in total. The number of nitrogens with zero attached hydrogens (tertiary/aromatic N) is 2. The molecular weight excluding hydrogens is 280 g/mol. The van der Waals surface area contributed by atoms with Crippen LogP contribution in [-0.2, 0) is 16.0 Å². The number of likely N-dealkylation sites (N-methyl/N-ethyl adjacent to an activating group) is 1. The number of carbonyl (C=O) groups excluding carboxylic acids is 2. The Morgan fingerprint density at radius 3 is 2.82 bits per heavy atom. The van der Waals surface area contributed by atoms with Crippen LogP contribution >= 0.6 is 0 Å². The van der Waals surface area contributed by atoms with Crippen LogP contribution in [0.4, 0.5) is 11.4 Å². The quantitative estimate of drug-likeness (QED) is 0.799. The third kappa shape index (κ3) is 3.50. The summed E-state index contributed by atoms with van der Waals surface area (Å²) < 4.78 is 0. The Balaban J connectivity index is 2.02. The first-order valence-electron chi connectivity index (χ1n) is 7.53. The van der Waals surface area contributed by atoms with E-state index in [1.165, 1.54) is 4.90 Å². The smallest absolute Gasteiger partial charge is 0.244 e. The molecule has 1 atom stereocenters. The van der Waals surface area contributed by atoms with Gasteiger partial charge in [-0.05, 0) is 37.5 Å². The molecule has 2 amide bonds. The van der Waals surface area contributed by atoms with Crippen molar-refractivity contribution < 1.29 is 9.59 Å².